The Kier molecular flexibility index (Phi) is 9.39. The van der Waals surface area contributed by atoms with Gasteiger partial charge in [-0.3, -0.25) is 18.8 Å². The number of nitrogens with one attached hydrogen (secondary N) is 1. The summed E-state index contributed by atoms with van der Waals surface area (Å²) in [4.78, 5) is 29.2. The van der Waals surface area contributed by atoms with Crippen LogP contribution in [0.3, 0.4) is 0 Å². The van der Waals surface area contributed by atoms with E-state index in [9.17, 15) is 18.0 Å². The van der Waals surface area contributed by atoms with Gasteiger partial charge in [0.15, 0.2) is 0 Å². The van der Waals surface area contributed by atoms with E-state index >= 15 is 0 Å². The van der Waals surface area contributed by atoms with Crippen molar-refractivity contribution < 1.29 is 22.7 Å². The van der Waals surface area contributed by atoms with Crippen LogP contribution in [0.2, 0.25) is 10.0 Å². The highest BCUT2D eigenvalue weighted by Gasteiger charge is 2.40. The number of likely N-dealkylation sites (tertiary alicyclic amines) is 1. The summed E-state index contributed by atoms with van der Waals surface area (Å²) < 4.78 is 32.7. The van der Waals surface area contributed by atoms with Crippen LogP contribution in [0.1, 0.15) is 27.5 Å². The van der Waals surface area contributed by atoms with Crippen LogP contribution in [0.4, 0.5) is 5.69 Å². The molecular weight excluding hydrogens is 599 g/mol. The fraction of sp³-hybridized carbons (Fsp3) is 0.333. The van der Waals surface area contributed by atoms with Gasteiger partial charge in [0.2, 0.25) is 15.9 Å². The van der Waals surface area contributed by atoms with Gasteiger partial charge in [-0.2, -0.15) is 0 Å². The molecule has 5 rings (SSSR count). The fourth-order valence-corrected chi connectivity index (χ4v) is 6.81. The Labute approximate surface area is 256 Å². The van der Waals surface area contributed by atoms with Crippen molar-refractivity contribution in [2.75, 3.05) is 56.5 Å². The number of hydrogen-bond acceptors (Lipinski definition) is 6. The molecule has 0 atom stereocenters. The quantitative estimate of drug-likeness (QED) is 0.386. The van der Waals surface area contributed by atoms with Gasteiger partial charge in [-0.1, -0.05) is 53.5 Å². The first-order valence-electron chi connectivity index (χ1n) is 13.6. The van der Waals surface area contributed by atoms with E-state index in [1.165, 1.54) is 10.6 Å². The lowest BCUT2D eigenvalue weighted by molar-refractivity contribution is -0.134. The average Bonchev–Trinajstić information content (AvgIpc) is 2.96. The van der Waals surface area contributed by atoms with E-state index in [1.54, 1.807) is 29.2 Å². The Morgan fingerprint density at radius 3 is 2.07 bits per heavy atom. The summed E-state index contributed by atoms with van der Waals surface area (Å²) >= 11 is 12.3. The van der Waals surface area contributed by atoms with Crippen molar-refractivity contribution in [1.82, 2.24) is 15.1 Å². The van der Waals surface area contributed by atoms with Crippen LogP contribution in [0.5, 0.6) is 0 Å². The molecule has 2 heterocycles. The minimum atomic E-state index is -3.68. The first kappa shape index (κ1) is 30.3. The van der Waals surface area contributed by atoms with Crippen molar-refractivity contribution in [3.05, 3.63) is 99.5 Å². The highest BCUT2D eigenvalue weighted by molar-refractivity contribution is 7.92. The summed E-state index contributed by atoms with van der Waals surface area (Å²) in [6.45, 7) is 2.71. The van der Waals surface area contributed by atoms with Crippen molar-refractivity contribution >= 4 is 50.7 Å². The molecule has 2 fully saturated rings. The Balaban J connectivity index is 1.32. The zero-order valence-electron chi connectivity index (χ0n) is 23.1. The highest BCUT2D eigenvalue weighted by Crippen LogP contribution is 2.36. The van der Waals surface area contributed by atoms with Gasteiger partial charge in [0.1, 0.15) is 0 Å². The van der Waals surface area contributed by atoms with Crippen molar-refractivity contribution in [3.63, 3.8) is 0 Å². The predicted molar refractivity (Wildman–Crippen MR) is 164 cm³/mol. The van der Waals surface area contributed by atoms with Gasteiger partial charge in [0, 0.05) is 41.8 Å². The van der Waals surface area contributed by atoms with Gasteiger partial charge < -0.3 is 15.0 Å². The summed E-state index contributed by atoms with van der Waals surface area (Å²) in [5.41, 5.74) is 2.71. The molecule has 222 valence electrons. The van der Waals surface area contributed by atoms with E-state index in [4.69, 9.17) is 27.9 Å². The second-order valence-corrected chi connectivity index (χ2v) is 13.1. The lowest BCUT2D eigenvalue weighted by Gasteiger charge is -2.48. The third-order valence-corrected chi connectivity index (χ3v) is 9.17. The summed E-state index contributed by atoms with van der Waals surface area (Å²) in [5.74, 6) is -0.640. The lowest BCUT2D eigenvalue weighted by Crippen LogP contribution is -2.61. The van der Waals surface area contributed by atoms with Crippen LogP contribution in [0, 0.1) is 0 Å². The molecule has 0 radical (unpaired) electrons. The molecule has 12 heteroatoms. The number of anilines is 1. The minimum absolute atomic E-state index is 0.127. The smallest absolute Gasteiger partial charge is 0.251 e. The molecule has 0 unspecified atom stereocenters. The van der Waals surface area contributed by atoms with E-state index in [1.807, 2.05) is 48.5 Å². The van der Waals surface area contributed by atoms with E-state index in [0.29, 0.717) is 55.1 Å². The molecule has 0 bridgehead atoms. The molecule has 3 aromatic rings. The second kappa shape index (κ2) is 13.0. The highest BCUT2D eigenvalue weighted by atomic mass is 35.5. The Morgan fingerprint density at radius 2 is 1.52 bits per heavy atom. The molecule has 1 N–H and O–H groups in total. The largest absolute Gasteiger partial charge is 0.378 e. The number of carbonyl (C=O) groups is 2. The predicted octanol–water partition coefficient (Wildman–Crippen LogP) is 3.82. The van der Waals surface area contributed by atoms with E-state index in [0.717, 1.165) is 11.1 Å². The van der Waals surface area contributed by atoms with Gasteiger partial charge >= 0.3 is 0 Å². The molecule has 2 amide bonds. The number of hydrogen-bond donors (Lipinski definition) is 1. The van der Waals surface area contributed by atoms with E-state index in [-0.39, 0.29) is 30.1 Å². The van der Waals surface area contributed by atoms with Gasteiger partial charge in [-0.05, 0) is 53.6 Å². The molecule has 0 spiro atoms. The standard InChI is InChI=1S/C30H32Cl2N4O5S/c1-42(39,40)36(26-4-2-3-23(17-26)30(38)33-18-28(37)34-13-15-41-16-14-34)27-19-35(20-27)29(21-5-9-24(31)10-6-21)22-7-11-25(32)12-8-22/h2-12,17,27,29H,13-16,18-20H2,1H3,(H,33,38). The molecule has 2 aliphatic rings. The first-order chi connectivity index (χ1) is 20.1. The van der Waals surface area contributed by atoms with Crippen molar-refractivity contribution in [2.45, 2.75) is 12.1 Å². The second-order valence-electron chi connectivity index (χ2n) is 10.4. The Morgan fingerprint density at radius 1 is 0.952 bits per heavy atom. The monoisotopic (exact) mass is 630 g/mol. The zero-order valence-corrected chi connectivity index (χ0v) is 25.4. The number of nitrogens with zero attached hydrogens (tertiary/aromatic N) is 3. The maximum absolute atomic E-state index is 13.0. The molecule has 9 nitrogen and oxygen atoms in total. The number of ether oxygens (including phenoxy) is 1. The number of morpholine rings is 1. The number of carbonyl (C=O) groups excluding carboxylic acids is 2. The molecule has 2 saturated heterocycles. The van der Waals surface area contributed by atoms with Gasteiger partial charge in [-0.25, -0.2) is 8.42 Å². The van der Waals surface area contributed by atoms with Crippen molar-refractivity contribution in [2.24, 2.45) is 0 Å². The topological polar surface area (TPSA) is 99.3 Å². The lowest BCUT2D eigenvalue weighted by atomic mass is 9.93. The summed E-state index contributed by atoms with van der Waals surface area (Å²) in [5, 5.41) is 3.92. The van der Waals surface area contributed by atoms with Crippen LogP contribution in [0.25, 0.3) is 0 Å². The third kappa shape index (κ3) is 7.07. The van der Waals surface area contributed by atoms with Gasteiger partial charge in [-0.15, -0.1) is 0 Å². The maximum atomic E-state index is 13.0. The third-order valence-electron chi connectivity index (χ3n) is 7.44. The number of rotatable bonds is 9. The molecule has 0 aliphatic carbocycles. The molecule has 0 saturated carbocycles. The zero-order chi connectivity index (χ0) is 29.9. The summed E-state index contributed by atoms with van der Waals surface area (Å²) in [6.07, 6.45) is 1.17. The Bertz CT molecular complexity index is 1480. The van der Waals surface area contributed by atoms with Crippen LogP contribution in [0.15, 0.2) is 72.8 Å². The van der Waals surface area contributed by atoms with Crippen LogP contribution >= 0.6 is 23.2 Å². The number of halogens is 2. The molecule has 2 aliphatic heterocycles. The van der Waals surface area contributed by atoms with Crippen LogP contribution < -0.4 is 9.62 Å². The first-order valence-corrected chi connectivity index (χ1v) is 16.2. The van der Waals surface area contributed by atoms with Crippen LogP contribution in [-0.4, -0.2) is 88.3 Å². The van der Waals surface area contributed by atoms with E-state index in [2.05, 4.69) is 10.2 Å². The molecule has 42 heavy (non-hydrogen) atoms. The summed E-state index contributed by atoms with van der Waals surface area (Å²) in [7, 11) is -3.68. The van der Waals surface area contributed by atoms with Crippen LogP contribution in [-0.2, 0) is 19.6 Å². The minimum Gasteiger partial charge on any atom is -0.378 e. The van der Waals surface area contributed by atoms with Crippen molar-refractivity contribution in [1.29, 1.82) is 0 Å². The number of benzene rings is 3. The normalized spacial score (nSPS) is 16.2. The van der Waals surface area contributed by atoms with E-state index < -0.39 is 15.9 Å². The summed E-state index contributed by atoms with van der Waals surface area (Å²) in [6, 6.07) is 21.2. The molecular formula is C30H32Cl2N4O5S. The fourth-order valence-electron chi connectivity index (χ4n) is 5.39. The SMILES string of the molecule is CS(=O)(=O)N(c1cccc(C(=O)NCC(=O)N2CCOCC2)c1)C1CN(C(c2ccc(Cl)cc2)c2ccc(Cl)cc2)C1. The maximum Gasteiger partial charge on any atom is 0.251 e. The number of amides is 2. The van der Waals surface area contributed by atoms with Crippen molar-refractivity contribution in [3.8, 4) is 0 Å². The Hall–Kier alpha value is -3.15. The van der Waals surface area contributed by atoms with Gasteiger partial charge in [0.05, 0.1) is 43.8 Å². The van der Waals surface area contributed by atoms with Gasteiger partial charge in [0.25, 0.3) is 5.91 Å². The molecule has 3 aromatic carbocycles. The number of sulfonamides is 1. The average molecular weight is 632 g/mol. The molecule has 0 aromatic heterocycles.